The number of hydrogen-bond donors (Lipinski definition) is 1. The molecule has 3 aromatic rings. The van der Waals surface area contributed by atoms with Crippen molar-refractivity contribution in [1.82, 2.24) is 4.98 Å². The summed E-state index contributed by atoms with van der Waals surface area (Å²) < 4.78 is 65.5. The van der Waals surface area contributed by atoms with E-state index in [9.17, 15) is 26.7 Å². The van der Waals surface area contributed by atoms with Crippen molar-refractivity contribution in [2.24, 2.45) is 0 Å². The zero-order chi connectivity index (χ0) is 18.4. The SMILES string of the molecule is Nc1nc(C(F)(F)C(F)(F)F)c(C(=O)c2cccc3ccccc23)s1. The number of benzene rings is 2. The fraction of sp³-hybridized carbons (Fsp3) is 0.125. The number of fused-ring (bicyclic) bond motifs is 1. The van der Waals surface area contributed by atoms with Crippen molar-refractivity contribution in [3.8, 4) is 0 Å². The van der Waals surface area contributed by atoms with E-state index in [0.29, 0.717) is 22.1 Å². The number of hydrogen-bond acceptors (Lipinski definition) is 4. The third-order valence-electron chi connectivity index (χ3n) is 3.54. The molecule has 2 N–H and O–H groups in total. The maximum absolute atomic E-state index is 13.7. The van der Waals surface area contributed by atoms with Gasteiger partial charge in [-0.25, -0.2) is 4.98 Å². The number of nitrogens with zero attached hydrogens (tertiary/aromatic N) is 1. The Labute approximate surface area is 141 Å². The van der Waals surface area contributed by atoms with Crippen LogP contribution in [0.3, 0.4) is 0 Å². The van der Waals surface area contributed by atoms with E-state index in [1.807, 2.05) is 0 Å². The molecule has 0 spiro atoms. The lowest BCUT2D eigenvalue weighted by Gasteiger charge is -2.18. The first-order chi connectivity index (χ1) is 11.6. The summed E-state index contributed by atoms with van der Waals surface area (Å²) in [5, 5.41) is 0.542. The number of carbonyl (C=O) groups excluding carboxylic acids is 1. The minimum atomic E-state index is -5.89. The normalized spacial score (nSPS) is 12.5. The quantitative estimate of drug-likeness (QED) is 0.533. The molecule has 1 heterocycles. The number of halogens is 5. The van der Waals surface area contributed by atoms with Gasteiger partial charge in [0.15, 0.2) is 5.13 Å². The van der Waals surface area contributed by atoms with Crippen molar-refractivity contribution in [3.63, 3.8) is 0 Å². The van der Waals surface area contributed by atoms with E-state index in [1.165, 1.54) is 12.1 Å². The highest BCUT2D eigenvalue weighted by Gasteiger charge is 2.61. The van der Waals surface area contributed by atoms with Crippen LogP contribution < -0.4 is 5.73 Å². The van der Waals surface area contributed by atoms with Crippen molar-refractivity contribution in [3.05, 3.63) is 58.6 Å². The van der Waals surface area contributed by atoms with Gasteiger partial charge in [0.05, 0.1) is 0 Å². The lowest BCUT2D eigenvalue weighted by Crippen LogP contribution is -2.35. The molecule has 130 valence electrons. The number of alkyl halides is 5. The number of ketones is 1. The van der Waals surface area contributed by atoms with Gasteiger partial charge in [-0.15, -0.1) is 0 Å². The van der Waals surface area contributed by atoms with Gasteiger partial charge in [-0.2, -0.15) is 22.0 Å². The molecule has 0 aliphatic rings. The highest BCUT2D eigenvalue weighted by atomic mass is 32.1. The molecule has 0 radical (unpaired) electrons. The average molecular weight is 372 g/mol. The molecule has 0 unspecified atom stereocenters. The number of carbonyl (C=O) groups is 1. The van der Waals surface area contributed by atoms with E-state index < -0.39 is 33.6 Å². The summed E-state index contributed by atoms with van der Waals surface area (Å²) in [7, 11) is 0. The maximum Gasteiger partial charge on any atom is 0.459 e. The third-order valence-corrected chi connectivity index (χ3v) is 4.42. The van der Waals surface area contributed by atoms with Crippen LogP contribution in [0.15, 0.2) is 42.5 Å². The van der Waals surface area contributed by atoms with E-state index in [0.717, 1.165) is 0 Å². The average Bonchev–Trinajstić information content (AvgIpc) is 2.95. The first-order valence-corrected chi connectivity index (χ1v) is 7.68. The van der Waals surface area contributed by atoms with Gasteiger partial charge < -0.3 is 5.73 Å². The summed E-state index contributed by atoms with van der Waals surface area (Å²) in [6.45, 7) is 0. The van der Waals surface area contributed by atoms with Gasteiger partial charge in [0.2, 0.25) is 5.78 Å². The Hall–Kier alpha value is -2.55. The second-order valence-electron chi connectivity index (χ2n) is 5.16. The molecule has 0 saturated carbocycles. The van der Waals surface area contributed by atoms with Crippen LogP contribution in [0.1, 0.15) is 20.9 Å². The van der Waals surface area contributed by atoms with Crippen LogP contribution in [0, 0.1) is 0 Å². The summed E-state index contributed by atoms with van der Waals surface area (Å²) in [4.78, 5) is 14.9. The Bertz CT molecular complexity index is 959. The molecule has 0 atom stereocenters. The third kappa shape index (κ3) is 2.84. The van der Waals surface area contributed by atoms with E-state index in [-0.39, 0.29) is 5.56 Å². The molecule has 0 bridgehead atoms. The number of rotatable bonds is 3. The van der Waals surface area contributed by atoms with Crippen LogP contribution in [0.25, 0.3) is 10.8 Å². The molecule has 3 nitrogen and oxygen atoms in total. The van der Waals surface area contributed by atoms with E-state index in [1.54, 1.807) is 30.3 Å². The topological polar surface area (TPSA) is 56.0 Å². The molecule has 1 aromatic heterocycles. The van der Waals surface area contributed by atoms with Crippen molar-refractivity contribution in [1.29, 1.82) is 0 Å². The Morgan fingerprint density at radius 3 is 2.32 bits per heavy atom. The monoisotopic (exact) mass is 372 g/mol. The molecule has 25 heavy (non-hydrogen) atoms. The minimum Gasteiger partial charge on any atom is -0.375 e. The Kier molecular flexibility index (Phi) is 3.98. The lowest BCUT2D eigenvalue weighted by atomic mass is 9.99. The smallest absolute Gasteiger partial charge is 0.375 e. The predicted molar refractivity (Wildman–Crippen MR) is 83.9 cm³/mol. The van der Waals surface area contributed by atoms with Gasteiger partial charge in [0, 0.05) is 5.56 Å². The van der Waals surface area contributed by atoms with E-state index in [2.05, 4.69) is 4.98 Å². The summed E-state index contributed by atoms with van der Waals surface area (Å²) in [6.07, 6.45) is -5.89. The largest absolute Gasteiger partial charge is 0.459 e. The second kappa shape index (κ2) is 5.76. The highest BCUT2D eigenvalue weighted by Crippen LogP contribution is 2.46. The molecule has 0 fully saturated rings. The molecule has 0 saturated heterocycles. The van der Waals surface area contributed by atoms with Crippen LogP contribution in [0.5, 0.6) is 0 Å². The van der Waals surface area contributed by atoms with Crippen molar-refractivity contribution in [2.75, 3.05) is 5.73 Å². The molecule has 0 aliphatic heterocycles. The molecule has 3 rings (SSSR count). The van der Waals surface area contributed by atoms with Crippen molar-refractivity contribution >= 4 is 33.0 Å². The Balaban J connectivity index is 2.19. The van der Waals surface area contributed by atoms with Gasteiger partial charge in [-0.05, 0) is 10.8 Å². The molecule has 0 amide bonds. The zero-order valence-corrected chi connectivity index (χ0v) is 13.1. The minimum absolute atomic E-state index is 0.000902. The van der Waals surface area contributed by atoms with Crippen LogP contribution in [-0.4, -0.2) is 16.9 Å². The van der Waals surface area contributed by atoms with Crippen LogP contribution >= 0.6 is 11.3 Å². The lowest BCUT2D eigenvalue weighted by molar-refractivity contribution is -0.290. The number of anilines is 1. The first kappa shape index (κ1) is 17.3. The van der Waals surface area contributed by atoms with Crippen LogP contribution in [-0.2, 0) is 5.92 Å². The molecular weight excluding hydrogens is 363 g/mol. The van der Waals surface area contributed by atoms with Crippen LogP contribution in [0.2, 0.25) is 0 Å². The predicted octanol–water partition coefficient (Wildman–Crippen LogP) is 4.76. The maximum atomic E-state index is 13.7. The highest BCUT2D eigenvalue weighted by molar-refractivity contribution is 7.17. The van der Waals surface area contributed by atoms with Gasteiger partial charge in [-0.3, -0.25) is 4.79 Å². The Morgan fingerprint density at radius 2 is 1.64 bits per heavy atom. The Morgan fingerprint density at radius 1 is 1.00 bits per heavy atom. The molecule has 0 aliphatic carbocycles. The van der Waals surface area contributed by atoms with Crippen molar-refractivity contribution < 1.29 is 26.7 Å². The fourth-order valence-electron chi connectivity index (χ4n) is 2.38. The summed E-state index contributed by atoms with van der Waals surface area (Å²) in [6, 6.07) is 11.2. The van der Waals surface area contributed by atoms with Gasteiger partial charge >= 0.3 is 12.1 Å². The van der Waals surface area contributed by atoms with E-state index in [4.69, 9.17) is 5.73 Å². The second-order valence-corrected chi connectivity index (χ2v) is 6.19. The first-order valence-electron chi connectivity index (χ1n) is 6.86. The number of aromatic nitrogens is 1. The number of nitrogens with two attached hydrogens (primary N) is 1. The van der Waals surface area contributed by atoms with Gasteiger partial charge in [-0.1, -0.05) is 53.8 Å². The van der Waals surface area contributed by atoms with Crippen LogP contribution in [0.4, 0.5) is 27.1 Å². The standard InChI is InChI=1S/C16H9F5N2OS/c17-15(18,16(19,20)21)13-12(25-14(22)23-13)11(24)10-7-3-5-8-4-1-2-6-9(8)10/h1-7H,(H2,22,23). The summed E-state index contributed by atoms with van der Waals surface area (Å²) in [5.41, 5.74) is 3.64. The zero-order valence-electron chi connectivity index (χ0n) is 12.3. The van der Waals surface area contributed by atoms with Gasteiger partial charge in [0.25, 0.3) is 0 Å². The summed E-state index contributed by atoms with van der Waals surface area (Å²) >= 11 is 0.306. The fourth-order valence-corrected chi connectivity index (χ4v) is 3.20. The number of nitrogen functional groups attached to an aromatic ring is 1. The number of thiazole rings is 1. The molecular formula is C16H9F5N2OS. The van der Waals surface area contributed by atoms with E-state index >= 15 is 0 Å². The molecule has 9 heteroatoms. The van der Waals surface area contributed by atoms with Crippen molar-refractivity contribution in [2.45, 2.75) is 12.1 Å². The molecule has 2 aromatic carbocycles. The summed E-state index contributed by atoms with van der Waals surface area (Å²) in [5.74, 6) is -6.26. The van der Waals surface area contributed by atoms with Gasteiger partial charge in [0.1, 0.15) is 10.6 Å².